The number of methoxy groups -OCH3 is 2. The summed E-state index contributed by atoms with van der Waals surface area (Å²) in [5.41, 5.74) is 5.73. The minimum absolute atomic E-state index is 0.105. The predicted octanol–water partition coefficient (Wildman–Crippen LogP) is 1.49. The second-order valence-electron chi connectivity index (χ2n) is 4.79. The summed E-state index contributed by atoms with van der Waals surface area (Å²) in [6.45, 7) is 1.70. The third kappa shape index (κ3) is 4.42. The van der Waals surface area contributed by atoms with Crippen LogP contribution in [-0.4, -0.2) is 35.3 Å². The Morgan fingerprint density at radius 3 is 2.62 bits per heavy atom. The smallest absolute Gasteiger partial charge is 0.253 e. The summed E-state index contributed by atoms with van der Waals surface area (Å²) < 4.78 is 10.3. The number of ether oxygens (including phenoxy) is 2. The number of rotatable bonds is 6. The fraction of sp³-hybridized carbons (Fsp3) is 0.267. The van der Waals surface area contributed by atoms with Crippen LogP contribution in [0.15, 0.2) is 34.2 Å². The number of hydrogen-bond acceptors (Lipinski definition) is 7. The lowest BCUT2D eigenvalue weighted by atomic mass is 10.2. The highest BCUT2D eigenvalue weighted by molar-refractivity contribution is 8.00. The zero-order chi connectivity index (χ0) is 17.7. The Labute approximate surface area is 142 Å². The lowest BCUT2D eigenvalue weighted by Gasteiger charge is -2.13. The van der Waals surface area contributed by atoms with Crippen LogP contribution in [-0.2, 0) is 4.79 Å². The number of benzene rings is 1. The van der Waals surface area contributed by atoms with Gasteiger partial charge in [-0.2, -0.15) is 0 Å². The average molecular weight is 350 g/mol. The molecule has 0 saturated carbocycles. The molecule has 2 aromatic rings. The van der Waals surface area contributed by atoms with Crippen molar-refractivity contribution in [3.05, 3.63) is 34.6 Å². The van der Waals surface area contributed by atoms with Crippen LogP contribution in [0.25, 0.3) is 0 Å². The van der Waals surface area contributed by atoms with Gasteiger partial charge < -0.3 is 25.5 Å². The number of nitrogen functional groups attached to an aromatic ring is 1. The van der Waals surface area contributed by atoms with Gasteiger partial charge in [0, 0.05) is 17.8 Å². The Bertz CT molecular complexity index is 793. The van der Waals surface area contributed by atoms with Gasteiger partial charge in [0.05, 0.1) is 19.5 Å². The molecule has 1 aromatic heterocycles. The number of carbonyl (C=O) groups excluding carboxylic acids is 1. The van der Waals surface area contributed by atoms with Crippen molar-refractivity contribution in [2.45, 2.75) is 17.3 Å². The predicted molar refractivity (Wildman–Crippen MR) is 92.8 cm³/mol. The van der Waals surface area contributed by atoms with Crippen LogP contribution in [0.2, 0.25) is 0 Å². The Kier molecular flexibility index (Phi) is 5.69. The Hall–Kier alpha value is -2.68. The van der Waals surface area contributed by atoms with E-state index >= 15 is 0 Å². The molecule has 24 heavy (non-hydrogen) atoms. The normalized spacial score (nSPS) is 11.6. The topological polar surface area (TPSA) is 119 Å². The third-order valence-corrected chi connectivity index (χ3v) is 4.03. The number of amides is 1. The van der Waals surface area contributed by atoms with Crippen LogP contribution in [0, 0.1) is 0 Å². The fourth-order valence-corrected chi connectivity index (χ4v) is 2.71. The lowest BCUT2D eigenvalue weighted by Crippen LogP contribution is -2.23. The lowest BCUT2D eigenvalue weighted by molar-refractivity contribution is -0.115. The minimum Gasteiger partial charge on any atom is -0.493 e. The zero-order valence-electron chi connectivity index (χ0n) is 13.5. The molecule has 8 nitrogen and oxygen atoms in total. The molecule has 1 heterocycles. The maximum Gasteiger partial charge on any atom is 0.253 e. The van der Waals surface area contributed by atoms with Gasteiger partial charge in [0.15, 0.2) is 16.7 Å². The quantitative estimate of drug-likeness (QED) is 0.533. The first-order valence-corrected chi connectivity index (χ1v) is 7.87. The number of carbonyl (C=O) groups is 1. The van der Waals surface area contributed by atoms with Gasteiger partial charge in [0.2, 0.25) is 5.91 Å². The molecule has 0 saturated heterocycles. The Balaban J connectivity index is 2.07. The zero-order valence-corrected chi connectivity index (χ0v) is 14.3. The molecule has 0 radical (unpaired) electrons. The number of nitrogens with one attached hydrogen (secondary N) is 2. The van der Waals surface area contributed by atoms with E-state index in [1.165, 1.54) is 20.3 Å². The van der Waals surface area contributed by atoms with E-state index < -0.39 is 5.25 Å². The van der Waals surface area contributed by atoms with Crippen molar-refractivity contribution < 1.29 is 14.3 Å². The highest BCUT2D eigenvalue weighted by Crippen LogP contribution is 2.30. The number of H-pyrrole nitrogens is 1. The molecular formula is C15H18N4O4S. The summed E-state index contributed by atoms with van der Waals surface area (Å²) in [6, 6.07) is 6.24. The summed E-state index contributed by atoms with van der Waals surface area (Å²) in [4.78, 5) is 30.2. The van der Waals surface area contributed by atoms with Gasteiger partial charge in [-0.3, -0.25) is 9.59 Å². The van der Waals surface area contributed by atoms with Crippen LogP contribution in [0.1, 0.15) is 6.92 Å². The Morgan fingerprint density at radius 1 is 1.29 bits per heavy atom. The average Bonchev–Trinajstić information content (AvgIpc) is 2.53. The molecule has 4 N–H and O–H groups in total. The molecule has 1 amide bonds. The SMILES string of the molecule is COc1ccc(NC(=O)C(C)Sc2nc(N)cc(=O)[nH]2)cc1OC. The van der Waals surface area contributed by atoms with Crippen LogP contribution >= 0.6 is 11.8 Å². The molecule has 9 heteroatoms. The molecule has 0 bridgehead atoms. The van der Waals surface area contributed by atoms with Gasteiger partial charge in [-0.25, -0.2) is 4.98 Å². The van der Waals surface area contributed by atoms with Crippen molar-refractivity contribution in [3.8, 4) is 11.5 Å². The van der Waals surface area contributed by atoms with Crippen molar-refractivity contribution in [2.24, 2.45) is 0 Å². The van der Waals surface area contributed by atoms with Gasteiger partial charge in [0.1, 0.15) is 5.82 Å². The first-order chi connectivity index (χ1) is 11.4. The van der Waals surface area contributed by atoms with Crippen molar-refractivity contribution in [1.82, 2.24) is 9.97 Å². The molecule has 0 spiro atoms. The van der Waals surface area contributed by atoms with Crippen molar-refractivity contribution >= 4 is 29.2 Å². The van der Waals surface area contributed by atoms with E-state index in [1.807, 2.05) is 0 Å². The summed E-state index contributed by atoms with van der Waals surface area (Å²) in [5.74, 6) is 0.933. The number of anilines is 2. The molecular weight excluding hydrogens is 332 g/mol. The molecule has 1 unspecified atom stereocenters. The maximum absolute atomic E-state index is 12.3. The fourth-order valence-electron chi connectivity index (χ4n) is 1.89. The van der Waals surface area contributed by atoms with E-state index in [-0.39, 0.29) is 22.4 Å². The summed E-state index contributed by atoms with van der Waals surface area (Å²) in [7, 11) is 3.05. The second-order valence-corrected chi connectivity index (χ2v) is 6.12. The first kappa shape index (κ1) is 17.7. The van der Waals surface area contributed by atoms with Crippen LogP contribution < -0.4 is 26.1 Å². The first-order valence-electron chi connectivity index (χ1n) is 6.99. The largest absolute Gasteiger partial charge is 0.493 e. The summed E-state index contributed by atoms with van der Waals surface area (Å²) >= 11 is 1.10. The molecule has 2 rings (SSSR count). The van der Waals surface area contributed by atoms with E-state index in [9.17, 15) is 9.59 Å². The van der Waals surface area contributed by atoms with Gasteiger partial charge in [0.25, 0.3) is 5.56 Å². The number of aromatic nitrogens is 2. The van der Waals surface area contributed by atoms with E-state index in [0.29, 0.717) is 17.2 Å². The van der Waals surface area contributed by atoms with E-state index in [0.717, 1.165) is 11.8 Å². The number of aromatic amines is 1. The van der Waals surface area contributed by atoms with Crippen molar-refractivity contribution in [2.75, 3.05) is 25.3 Å². The summed E-state index contributed by atoms with van der Waals surface area (Å²) in [6.07, 6.45) is 0. The second kappa shape index (κ2) is 7.73. The monoisotopic (exact) mass is 350 g/mol. The highest BCUT2D eigenvalue weighted by Gasteiger charge is 2.17. The number of nitrogens with two attached hydrogens (primary N) is 1. The molecule has 0 aliphatic carbocycles. The molecule has 0 fully saturated rings. The van der Waals surface area contributed by atoms with E-state index in [4.69, 9.17) is 15.2 Å². The van der Waals surface area contributed by atoms with Gasteiger partial charge in [-0.05, 0) is 19.1 Å². The van der Waals surface area contributed by atoms with Crippen molar-refractivity contribution in [3.63, 3.8) is 0 Å². The molecule has 1 atom stereocenters. The highest BCUT2D eigenvalue weighted by atomic mass is 32.2. The molecule has 1 aromatic carbocycles. The minimum atomic E-state index is -0.497. The van der Waals surface area contributed by atoms with Crippen molar-refractivity contribution in [1.29, 1.82) is 0 Å². The molecule has 0 aliphatic heterocycles. The molecule has 0 aliphatic rings. The standard InChI is InChI=1S/C15H18N4O4S/c1-8(24-15-18-12(16)7-13(20)19-15)14(21)17-9-4-5-10(22-2)11(6-9)23-3/h4-8H,1-3H3,(H,17,21)(H3,16,18,19,20). The van der Waals surface area contributed by atoms with E-state index in [1.54, 1.807) is 25.1 Å². The number of nitrogens with zero attached hydrogens (tertiary/aromatic N) is 1. The van der Waals surface area contributed by atoms with Gasteiger partial charge >= 0.3 is 0 Å². The maximum atomic E-state index is 12.3. The molecule has 128 valence electrons. The van der Waals surface area contributed by atoms with E-state index in [2.05, 4.69) is 15.3 Å². The third-order valence-electron chi connectivity index (χ3n) is 3.05. The number of thioether (sulfide) groups is 1. The van der Waals surface area contributed by atoms with Gasteiger partial charge in [-0.15, -0.1) is 0 Å². The van der Waals surface area contributed by atoms with Crippen LogP contribution in [0.5, 0.6) is 11.5 Å². The van der Waals surface area contributed by atoms with Gasteiger partial charge in [-0.1, -0.05) is 11.8 Å². The van der Waals surface area contributed by atoms with Crippen LogP contribution in [0.4, 0.5) is 11.5 Å². The summed E-state index contributed by atoms with van der Waals surface area (Å²) in [5, 5.41) is 2.56. The number of hydrogen-bond donors (Lipinski definition) is 3. The van der Waals surface area contributed by atoms with Crippen LogP contribution in [0.3, 0.4) is 0 Å². The Morgan fingerprint density at radius 2 is 2.00 bits per heavy atom.